The summed E-state index contributed by atoms with van der Waals surface area (Å²) in [5.74, 6) is -1.01. The summed E-state index contributed by atoms with van der Waals surface area (Å²) in [6.45, 7) is 3.11. The summed E-state index contributed by atoms with van der Waals surface area (Å²) in [5, 5.41) is 13.2. The molecule has 1 N–H and O–H groups in total. The summed E-state index contributed by atoms with van der Waals surface area (Å²) >= 11 is 0. The second-order valence-electron chi connectivity index (χ2n) is 4.36. The highest BCUT2D eigenvalue weighted by Crippen LogP contribution is 2.21. The Kier molecular flexibility index (Phi) is 3.34. The summed E-state index contributed by atoms with van der Waals surface area (Å²) in [6, 6.07) is 2.91. The number of hydrogen-bond donors (Lipinski definition) is 1. The van der Waals surface area contributed by atoms with Gasteiger partial charge in [0.1, 0.15) is 10.5 Å². The molecule has 0 unspecified atom stereocenters. The van der Waals surface area contributed by atoms with Gasteiger partial charge in [-0.2, -0.15) is 5.10 Å². The number of hydrogen-bond acceptors (Lipinski definition) is 5. The number of rotatable bonds is 3. The Morgan fingerprint density at radius 3 is 2.50 bits per heavy atom. The van der Waals surface area contributed by atoms with E-state index in [1.807, 2.05) is 0 Å². The number of aromatic carboxylic acids is 1. The first kappa shape index (κ1) is 14.2. The number of aryl methyl sites for hydroxylation is 1. The van der Waals surface area contributed by atoms with Crippen LogP contribution in [0.1, 0.15) is 21.7 Å². The van der Waals surface area contributed by atoms with Crippen LogP contribution in [0.4, 0.5) is 0 Å². The van der Waals surface area contributed by atoms with E-state index in [1.165, 1.54) is 23.0 Å². The van der Waals surface area contributed by atoms with Crippen LogP contribution in [0.15, 0.2) is 23.2 Å². The van der Waals surface area contributed by atoms with Crippen molar-refractivity contribution in [3.8, 4) is 5.82 Å². The molecule has 0 bridgehead atoms. The molecule has 2 heterocycles. The zero-order chi connectivity index (χ0) is 15.1. The SMILES string of the molecule is Cc1nn(-c2ncccc2S(C)(=O)=O)c(C)c1C(=O)O. The number of nitrogens with zero attached hydrogens (tertiary/aromatic N) is 3. The average Bonchev–Trinajstić information content (AvgIpc) is 2.63. The smallest absolute Gasteiger partial charge is 0.339 e. The summed E-state index contributed by atoms with van der Waals surface area (Å²) in [6.07, 6.45) is 2.50. The van der Waals surface area contributed by atoms with Gasteiger partial charge >= 0.3 is 5.97 Å². The standard InChI is InChI=1S/C12H13N3O4S/c1-7-10(12(16)17)8(2)15(14-7)11-9(20(3,18)19)5-4-6-13-11/h4-6H,1-3H3,(H,16,17). The summed E-state index contributed by atoms with van der Waals surface area (Å²) < 4.78 is 24.8. The molecule has 106 valence electrons. The number of carbonyl (C=O) groups is 1. The predicted molar refractivity (Wildman–Crippen MR) is 70.9 cm³/mol. The van der Waals surface area contributed by atoms with Gasteiger partial charge in [-0.25, -0.2) is 22.9 Å². The van der Waals surface area contributed by atoms with E-state index in [9.17, 15) is 13.2 Å². The lowest BCUT2D eigenvalue weighted by Crippen LogP contribution is -2.10. The summed E-state index contributed by atoms with van der Waals surface area (Å²) in [7, 11) is -3.49. The molecular weight excluding hydrogens is 282 g/mol. The van der Waals surface area contributed by atoms with Gasteiger partial charge in [-0.15, -0.1) is 0 Å². The fourth-order valence-corrected chi connectivity index (χ4v) is 2.79. The Labute approximate surface area is 115 Å². The highest BCUT2D eigenvalue weighted by Gasteiger charge is 2.23. The molecule has 0 aromatic carbocycles. The minimum atomic E-state index is -3.49. The van der Waals surface area contributed by atoms with Crippen LogP contribution in [-0.2, 0) is 9.84 Å². The fraction of sp³-hybridized carbons (Fsp3) is 0.250. The van der Waals surface area contributed by atoms with Crippen molar-refractivity contribution in [2.45, 2.75) is 18.7 Å². The van der Waals surface area contributed by atoms with Crippen LogP contribution >= 0.6 is 0 Å². The average molecular weight is 295 g/mol. The maximum absolute atomic E-state index is 11.8. The van der Waals surface area contributed by atoms with Crippen LogP contribution in [0, 0.1) is 13.8 Å². The van der Waals surface area contributed by atoms with Gasteiger partial charge in [-0.3, -0.25) is 0 Å². The van der Waals surface area contributed by atoms with Gasteiger partial charge < -0.3 is 5.11 Å². The first-order valence-corrected chi connectivity index (χ1v) is 7.57. The van der Waals surface area contributed by atoms with Crippen molar-refractivity contribution in [3.05, 3.63) is 35.3 Å². The Morgan fingerprint density at radius 1 is 1.35 bits per heavy atom. The first-order chi connectivity index (χ1) is 9.23. The van der Waals surface area contributed by atoms with Crippen LogP contribution in [0.5, 0.6) is 0 Å². The van der Waals surface area contributed by atoms with Gasteiger partial charge in [0, 0.05) is 12.5 Å². The normalized spacial score (nSPS) is 11.6. The van der Waals surface area contributed by atoms with Gasteiger partial charge in [-0.05, 0) is 26.0 Å². The zero-order valence-electron chi connectivity index (χ0n) is 11.2. The topological polar surface area (TPSA) is 102 Å². The molecule has 0 aliphatic carbocycles. The molecule has 2 aromatic rings. The maximum atomic E-state index is 11.8. The van der Waals surface area contributed by atoms with Gasteiger partial charge in [0.15, 0.2) is 15.7 Å². The van der Waals surface area contributed by atoms with E-state index in [1.54, 1.807) is 13.8 Å². The highest BCUT2D eigenvalue weighted by molar-refractivity contribution is 7.90. The molecule has 0 aliphatic rings. The van der Waals surface area contributed by atoms with Crippen LogP contribution < -0.4 is 0 Å². The minimum absolute atomic E-state index is 0.00235. The first-order valence-electron chi connectivity index (χ1n) is 5.68. The monoisotopic (exact) mass is 295 g/mol. The molecule has 0 aliphatic heterocycles. The van der Waals surface area contributed by atoms with Gasteiger partial charge in [0.2, 0.25) is 0 Å². The van der Waals surface area contributed by atoms with Gasteiger partial charge in [0.25, 0.3) is 0 Å². The van der Waals surface area contributed by atoms with E-state index in [0.717, 1.165) is 6.26 Å². The van der Waals surface area contributed by atoms with Crippen LogP contribution in [0.3, 0.4) is 0 Å². The lowest BCUT2D eigenvalue weighted by molar-refractivity contribution is 0.0695. The molecule has 0 fully saturated rings. The van der Waals surface area contributed by atoms with Crippen molar-refractivity contribution in [3.63, 3.8) is 0 Å². The van der Waals surface area contributed by atoms with E-state index in [-0.39, 0.29) is 16.3 Å². The number of aromatic nitrogens is 3. The Balaban J connectivity index is 2.78. The lowest BCUT2D eigenvalue weighted by atomic mass is 10.2. The minimum Gasteiger partial charge on any atom is -0.478 e. The van der Waals surface area contributed by atoms with Crippen molar-refractivity contribution in [1.29, 1.82) is 0 Å². The maximum Gasteiger partial charge on any atom is 0.339 e. The molecule has 0 amide bonds. The van der Waals surface area contributed by atoms with Crippen molar-refractivity contribution < 1.29 is 18.3 Å². The van der Waals surface area contributed by atoms with E-state index in [0.29, 0.717) is 11.4 Å². The molecule has 8 heteroatoms. The van der Waals surface area contributed by atoms with Crippen molar-refractivity contribution in [2.24, 2.45) is 0 Å². The number of sulfone groups is 1. The number of pyridine rings is 1. The molecule has 20 heavy (non-hydrogen) atoms. The van der Waals surface area contributed by atoms with Crippen LogP contribution in [-0.4, -0.2) is 40.5 Å². The van der Waals surface area contributed by atoms with Crippen molar-refractivity contribution in [1.82, 2.24) is 14.8 Å². The van der Waals surface area contributed by atoms with Crippen LogP contribution in [0.2, 0.25) is 0 Å². The third-order valence-corrected chi connectivity index (χ3v) is 3.97. The number of carboxylic acid groups (broad SMARTS) is 1. The van der Waals surface area contributed by atoms with Gasteiger partial charge in [0.05, 0.1) is 11.4 Å². The Morgan fingerprint density at radius 2 is 2.00 bits per heavy atom. The fourth-order valence-electron chi connectivity index (χ4n) is 1.99. The van der Waals surface area contributed by atoms with Crippen LogP contribution in [0.25, 0.3) is 5.82 Å². The molecular formula is C12H13N3O4S. The molecule has 7 nitrogen and oxygen atoms in total. The largest absolute Gasteiger partial charge is 0.478 e. The van der Waals surface area contributed by atoms with E-state index in [2.05, 4.69) is 10.1 Å². The third-order valence-electron chi connectivity index (χ3n) is 2.86. The quantitative estimate of drug-likeness (QED) is 0.905. The van der Waals surface area contributed by atoms with Gasteiger partial charge in [-0.1, -0.05) is 0 Å². The van der Waals surface area contributed by atoms with Crippen molar-refractivity contribution in [2.75, 3.05) is 6.26 Å². The molecule has 0 spiro atoms. The van der Waals surface area contributed by atoms with E-state index in [4.69, 9.17) is 5.11 Å². The zero-order valence-corrected chi connectivity index (χ0v) is 12.0. The Hall–Kier alpha value is -2.22. The lowest BCUT2D eigenvalue weighted by Gasteiger charge is -2.08. The molecule has 0 saturated heterocycles. The molecule has 0 atom stereocenters. The van der Waals surface area contributed by atoms with E-state index >= 15 is 0 Å². The third kappa shape index (κ3) is 2.29. The van der Waals surface area contributed by atoms with Crippen molar-refractivity contribution >= 4 is 15.8 Å². The molecule has 2 aromatic heterocycles. The molecule has 0 radical (unpaired) electrons. The molecule has 2 rings (SSSR count). The highest BCUT2D eigenvalue weighted by atomic mass is 32.2. The summed E-state index contributed by atoms with van der Waals surface area (Å²) in [4.78, 5) is 15.2. The number of carboxylic acids is 1. The second-order valence-corrected chi connectivity index (χ2v) is 6.34. The Bertz CT molecular complexity index is 793. The van der Waals surface area contributed by atoms with E-state index < -0.39 is 15.8 Å². The molecule has 0 saturated carbocycles. The second kappa shape index (κ2) is 4.71. The predicted octanol–water partition coefficient (Wildman–Crippen LogP) is 0.986. The summed E-state index contributed by atoms with van der Waals surface area (Å²) in [5.41, 5.74) is 0.689.